The number of nitrogens with zero attached hydrogens (tertiary/aromatic N) is 2. The molecule has 2 fully saturated rings. The van der Waals surface area contributed by atoms with E-state index in [4.69, 9.17) is 14.2 Å². The van der Waals surface area contributed by atoms with Crippen LogP contribution in [0.5, 0.6) is 11.5 Å². The average Bonchev–Trinajstić information content (AvgIpc) is 2.84. The molecule has 0 spiro atoms. The molecule has 1 aromatic rings. The van der Waals surface area contributed by atoms with Crippen LogP contribution in [0.4, 0.5) is 9.18 Å². The molecule has 32 heavy (non-hydrogen) atoms. The zero-order valence-electron chi connectivity index (χ0n) is 18.5. The highest BCUT2D eigenvalue weighted by molar-refractivity contribution is 6.04. The van der Waals surface area contributed by atoms with Crippen molar-refractivity contribution in [2.75, 3.05) is 40.7 Å². The van der Waals surface area contributed by atoms with E-state index in [1.165, 1.54) is 4.90 Å². The molecule has 1 unspecified atom stereocenters. The normalized spacial score (nSPS) is 22.2. The molecule has 7 nitrogen and oxygen atoms in total. The minimum absolute atomic E-state index is 0.00774. The van der Waals surface area contributed by atoms with Crippen molar-refractivity contribution in [1.82, 2.24) is 9.80 Å². The Hall–Kier alpha value is -2.87. The van der Waals surface area contributed by atoms with Crippen LogP contribution in [0.2, 0.25) is 0 Å². The topological polar surface area (TPSA) is 68.3 Å². The van der Waals surface area contributed by atoms with Gasteiger partial charge in [-0.25, -0.2) is 9.18 Å². The number of hydrogen-bond acceptors (Lipinski definition) is 5. The molecule has 0 radical (unpaired) electrons. The van der Waals surface area contributed by atoms with Crippen LogP contribution >= 0.6 is 0 Å². The van der Waals surface area contributed by atoms with Gasteiger partial charge < -0.3 is 19.1 Å². The first-order valence-corrected chi connectivity index (χ1v) is 10.9. The zero-order chi connectivity index (χ0) is 22.7. The lowest BCUT2D eigenvalue weighted by Gasteiger charge is -2.41. The van der Waals surface area contributed by atoms with Gasteiger partial charge >= 0.3 is 6.03 Å². The fraction of sp³-hybridized carbons (Fsp3) is 0.500. The molecular weight excluding hydrogens is 415 g/mol. The number of rotatable bonds is 6. The number of ether oxygens (including phenoxy) is 3. The summed E-state index contributed by atoms with van der Waals surface area (Å²) in [6.07, 6.45) is 5.40. The Morgan fingerprint density at radius 1 is 1.12 bits per heavy atom. The summed E-state index contributed by atoms with van der Waals surface area (Å²) in [5.74, 6) is 0.657. The van der Waals surface area contributed by atoms with Gasteiger partial charge in [-0.15, -0.1) is 0 Å². The van der Waals surface area contributed by atoms with Gasteiger partial charge in [0, 0.05) is 31.4 Å². The second-order valence-corrected chi connectivity index (χ2v) is 8.37. The highest BCUT2D eigenvalue weighted by atomic mass is 19.1. The molecule has 3 amide bonds. The van der Waals surface area contributed by atoms with Crippen molar-refractivity contribution in [3.8, 4) is 11.5 Å². The number of methoxy groups -OCH3 is 2. The third-order valence-corrected chi connectivity index (χ3v) is 6.29. The molecule has 2 saturated heterocycles. The summed E-state index contributed by atoms with van der Waals surface area (Å²) < 4.78 is 29.7. The van der Waals surface area contributed by atoms with E-state index in [0.29, 0.717) is 48.8 Å². The van der Waals surface area contributed by atoms with Crippen molar-refractivity contribution in [2.45, 2.75) is 31.8 Å². The number of hydrogen-bond donors (Lipinski definition) is 0. The van der Waals surface area contributed by atoms with E-state index in [-0.39, 0.29) is 30.4 Å². The Kier molecular flexibility index (Phi) is 6.79. The van der Waals surface area contributed by atoms with Crippen molar-refractivity contribution in [3.63, 3.8) is 0 Å². The van der Waals surface area contributed by atoms with Gasteiger partial charge in [-0.05, 0) is 54.5 Å². The van der Waals surface area contributed by atoms with Crippen LogP contribution in [0, 0.1) is 5.92 Å². The van der Waals surface area contributed by atoms with E-state index in [1.807, 2.05) is 12.1 Å². The molecule has 1 atom stereocenters. The largest absolute Gasteiger partial charge is 0.493 e. The van der Waals surface area contributed by atoms with E-state index >= 15 is 0 Å². The first-order valence-electron chi connectivity index (χ1n) is 10.9. The number of urea groups is 1. The van der Waals surface area contributed by atoms with E-state index in [1.54, 1.807) is 37.3 Å². The maximum absolute atomic E-state index is 13.7. The Morgan fingerprint density at radius 3 is 2.56 bits per heavy atom. The number of alkyl halides is 1. The summed E-state index contributed by atoms with van der Waals surface area (Å²) in [5.41, 5.74) is 1.72. The van der Waals surface area contributed by atoms with Crippen LogP contribution in [-0.4, -0.2) is 68.4 Å². The number of carbonyl (C=O) groups is 2. The molecule has 0 aromatic heterocycles. The summed E-state index contributed by atoms with van der Waals surface area (Å²) in [6, 6.07) is 5.01. The molecule has 1 aromatic carbocycles. The first kappa shape index (κ1) is 22.3. The molecular formula is C24H29FN2O5. The summed E-state index contributed by atoms with van der Waals surface area (Å²) in [7, 11) is 3.09. The van der Waals surface area contributed by atoms with Gasteiger partial charge in [-0.3, -0.25) is 9.69 Å². The molecule has 172 valence electrons. The lowest BCUT2D eigenvalue weighted by Crippen LogP contribution is -2.54. The van der Waals surface area contributed by atoms with Gasteiger partial charge in [-0.1, -0.05) is 12.1 Å². The highest BCUT2D eigenvalue weighted by Gasteiger charge is 2.38. The number of allylic oxidation sites excluding steroid dienone is 2. The number of halogens is 1. The number of amides is 3. The molecule has 3 aliphatic rings. The molecule has 2 heterocycles. The molecule has 0 N–H and O–H groups in total. The predicted octanol–water partition coefficient (Wildman–Crippen LogP) is 3.49. The minimum Gasteiger partial charge on any atom is -0.493 e. The van der Waals surface area contributed by atoms with Crippen molar-refractivity contribution >= 4 is 11.9 Å². The van der Waals surface area contributed by atoms with Gasteiger partial charge in [0.1, 0.15) is 6.67 Å². The van der Waals surface area contributed by atoms with Gasteiger partial charge in [0.25, 0.3) is 5.91 Å². The molecule has 2 bridgehead atoms. The van der Waals surface area contributed by atoms with E-state index in [9.17, 15) is 14.0 Å². The molecule has 1 aliphatic carbocycles. The monoisotopic (exact) mass is 444 g/mol. The van der Waals surface area contributed by atoms with Gasteiger partial charge in [0.2, 0.25) is 0 Å². The summed E-state index contributed by atoms with van der Waals surface area (Å²) in [5, 5.41) is 0. The highest BCUT2D eigenvalue weighted by Crippen LogP contribution is 2.33. The average molecular weight is 445 g/mol. The molecule has 4 rings (SSSR count). The van der Waals surface area contributed by atoms with Gasteiger partial charge in [-0.2, -0.15) is 0 Å². The summed E-state index contributed by atoms with van der Waals surface area (Å²) >= 11 is 0. The third kappa shape index (κ3) is 4.50. The van der Waals surface area contributed by atoms with Crippen LogP contribution < -0.4 is 9.47 Å². The quantitative estimate of drug-likeness (QED) is 0.672. The smallest absolute Gasteiger partial charge is 0.327 e. The molecule has 8 heteroatoms. The second-order valence-electron chi connectivity index (χ2n) is 8.37. The van der Waals surface area contributed by atoms with Crippen LogP contribution in [0.3, 0.4) is 0 Å². The molecule has 2 aliphatic heterocycles. The number of carbonyl (C=O) groups excluding carboxylic acids is 2. The second kappa shape index (κ2) is 9.73. The van der Waals surface area contributed by atoms with Gasteiger partial charge in [0.15, 0.2) is 11.5 Å². The minimum atomic E-state index is -0.631. The van der Waals surface area contributed by atoms with Crippen LogP contribution in [0.1, 0.15) is 24.8 Å². The Labute approximate surface area is 187 Å². The van der Waals surface area contributed by atoms with Crippen molar-refractivity contribution in [2.24, 2.45) is 5.92 Å². The summed E-state index contributed by atoms with van der Waals surface area (Å²) in [4.78, 5) is 30.2. The number of fused-ring (bicyclic) bond motifs is 2. The van der Waals surface area contributed by atoms with E-state index in [0.717, 1.165) is 18.4 Å². The fourth-order valence-corrected chi connectivity index (χ4v) is 4.67. The van der Waals surface area contributed by atoms with Crippen LogP contribution in [0.25, 0.3) is 0 Å². The van der Waals surface area contributed by atoms with Crippen molar-refractivity contribution in [1.29, 1.82) is 0 Å². The first-order chi connectivity index (χ1) is 15.5. The standard InChI is InChI=1S/C24H29FN2O5/c1-30-21-4-3-16(12-22(21)31-2)14-27-23(28)19-10-17(13-25)9-18(11-19)15-26(24(27)29)20-5-7-32-8-6-20/h3-4,9-10,12,18,20H,5-8,11,13-15H2,1-2H3. The lowest BCUT2D eigenvalue weighted by atomic mass is 9.88. The number of imide groups is 1. The summed E-state index contributed by atoms with van der Waals surface area (Å²) in [6.45, 7) is 1.08. The molecule has 0 saturated carbocycles. The zero-order valence-corrected chi connectivity index (χ0v) is 18.5. The van der Waals surface area contributed by atoms with Gasteiger partial charge in [0.05, 0.1) is 20.8 Å². The lowest BCUT2D eigenvalue weighted by molar-refractivity contribution is -0.126. The SMILES string of the molecule is COc1ccc(CN2C(=O)C3=CC(CF)=CC(C3)CN(C3CCOCC3)C2=O)cc1OC. The number of benzene rings is 1. The maximum atomic E-state index is 13.7. The maximum Gasteiger partial charge on any atom is 0.327 e. The fourth-order valence-electron chi connectivity index (χ4n) is 4.67. The van der Waals surface area contributed by atoms with Crippen LogP contribution in [-0.2, 0) is 16.1 Å². The third-order valence-electron chi connectivity index (χ3n) is 6.29. The van der Waals surface area contributed by atoms with Crippen LogP contribution in [0.15, 0.2) is 41.5 Å². The van der Waals surface area contributed by atoms with E-state index in [2.05, 4.69) is 0 Å². The predicted molar refractivity (Wildman–Crippen MR) is 116 cm³/mol. The van der Waals surface area contributed by atoms with Crippen molar-refractivity contribution in [3.05, 3.63) is 47.1 Å². The Morgan fingerprint density at radius 2 is 1.88 bits per heavy atom. The van der Waals surface area contributed by atoms with E-state index < -0.39 is 6.67 Å². The Bertz CT molecular complexity index is 938. The Balaban J connectivity index is 1.69. The van der Waals surface area contributed by atoms with Crippen molar-refractivity contribution < 1.29 is 28.2 Å².